The summed E-state index contributed by atoms with van der Waals surface area (Å²) in [4.78, 5) is 19.9. The molecule has 192 valence electrons. The van der Waals surface area contributed by atoms with Crippen molar-refractivity contribution < 1.29 is 4.52 Å². The number of halogens is 1. The van der Waals surface area contributed by atoms with Gasteiger partial charge in [0.15, 0.2) is 11.5 Å². The first-order valence-corrected chi connectivity index (χ1v) is 13.2. The molecule has 10 nitrogen and oxygen atoms in total. The first-order valence-electron chi connectivity index (χ1n) is 12.8. The van der Waals surface area contributed by atoms with Gasteiger partial charge in [0, 0.05) is 47.0 Å². The third kappa shape index (κ3) is 4.23. The number of benzene rings is 1. The number of aryl methyl sites for hydroxylation is 1. The molecular weight excluding hydrogens is 490 g/mol. The van der Waals surface area contributed by atoms with Crippen LogP contribution in [0.5, 0.6) is 0 Å². The summed E-state index contributed by atoms with van der Waals surface area (Å²) in [6.45, 7) is 6.59. The van der Waals surface area contributed by atoms with E-state index >= 15 is 0 Å². The minimum atomic E-state index is 0.234. The number of rotatable bonds is 6. The van der Waals surface area contributed by atoms with Crippen LogP contribution in [0.1, 0.15) is 51.2 Å². The van der Waals surface area contributed by atoms with Crippen molar-refractivity contribution in [3.63, 3.8) is 0 Å². The van der Waals surface area contributed by atoms with E-state index in [-0.39, 0.29) is 6.04 Å². The maximum absolute atomic E-state index is 6.91. The van der Waals surface area contributed by atoms with Crippen molar-refractivity contribution in [2.45, 2.75) is 71.1 Å². The van der Waals surface area contributed by atoms with E-state index < -0.39 is 0 Å². The maximum atomic E-state index is 6.91. The van der Waals surface area contributed by atoms with Gasteiger partial charge in [0.1, 0.15) is 17.9 Å². The molecule has 1 aliphatic heterocycles. The molecule has 1 aliphatic rings. The first kappa shape index (κ1) is 23.9. The Morgan fingerprint density at radius 2 is 1.92 bits per heavy atom. The topological polar surface area (TPSA) is 128 Å². The molecule has 0 unspecified atom stereocenters. The maximum Gasteiger partial charge on any atom is 0.248 e. The van der Waals surface area contributed by atoms with Gasteiger partial charge in [0.2, 0.25) is 5.89 Å². The molecular formula is C26H30ClN9O. The molecule has 0 radical (unpaired) electrons. The fourth-order valence-corrected chi connectivity index (χ4v) is 5.89. The van der Waals surface area contributed by atoms with E-state index in [1.807, 2.05) is 30.7 Å². The van der Waals surface area contributed by atoms with Gasteiger partial charge in [-0.2, -0.15) is 10.1 Å². The van der Waals surface area contributed by atoms with Crippen LogP contribution in [0.3, 0.4) is 0 Å². The lowest BCUT2D eigenvalue weighted by molar-refractivity contribution is 0.329. The lowest BCUT2D eigenvalue weighted by Crippen LogP contribution is -2.53. The van der Waals surface area contributed by atoms with E-state index in [1.165, 1.54) is 0 Å². The summed E-state index contributed by atoms with van der Waals surface area (Å²) >= 11 is 6.91. The van der Waals surface area contributed by atoms with Crippen LogP contribution >= 0.6 is 11.6 Å². The second-order valence-corrected chi connectivity index (χ2v) is 10.2. The zero-order chi connectivity index (χ0) is 25.7. The molecule has 5 aromatic rings. The third-order valence-corrected chi connectivity index (χ3v) is 7.75. The van der Waals surface area contributed by atoms with Gasteiger partial charge in [-0.1, -0.05) is 36.7 Å². The van der Waals surface area contributed by atoms with Crippen LogP contribution in [-0.4, -0.2) is 53.0 Å². The van der Waals surface area contributed by atoms with Crippen molar-refractivity contribution in [1.82, 2.24) is 34.9 Å². The van der Waals surface area contributed by atoms with Gasteiger partial charge < -0.3 is 20.1 Å². The summed E-state index contributed by atoms with van der Waals surface area (Å²) in [5.41, 5.74) is 10.5. The molecule has 4 aromatic heterocycles. The Morgan fingerprint density at radius 3 is 2.62 bits per heavy atom. The predicted octanol–water partition coefficient (Wildman–Crippen LogP) is 4.85. The Kier molecular flexibility index (Phi) is 6.08. The minimum Gasteiger partial charge on any atom is -0.349 e. The van der Waals surface area contributed by atoms with Crippen LogP contribution in [0.4, 0.5) is 5.82 Å². The number of nitrogens with two attached hydrogens (primary N) is 1. The average molecular weight is 520 g/mol. The summed E-state index contributed by atoms with van der Waals surface area (Å²) in [7, 11) is 0. The standard InChI is InChI=1S/C26H30ClN9O/c1-4-16-8-15(28)9-17(5-2)36(16)22-11-29-25-19(10-30-26(25)32-22)18-6-7-21-20(24(18)27)12-35(33-21)13-23-31-14(3)34-37-23/h6-7,10-12,15-17H,4-5,8-9,13,28H2,1-3H3,(H,30,32)/t15-,16+,17-. The number of aromatic nitrogens is 7. The van der Waals surface area contributed by atoms with Crippen molar-refractivity contribution >= 4 is 39.5 Å². The Bertz CT molecular complexity index is 1560. The van der Waals surface area contributed by atoms with Crippen LogP contribution in [0.2, 0.25) is 5.02 Å². The van der Waals surface area contributed by atoms with E-state index in [9.17, 15) is 0 Å². The van der Waals surface area contributed by atoms with Crippen molar-refractivity contribution in [2.24, 2.45) is 5.73 Å². The van der Waals surface area contributed by atoms with Crippen molar-refractivity contribution in [2.75, 3.05) is 4.90 Å². The number of aromatic amines is 1. The van der Waals surface area contributed by atoms with Crippen molar-refractivity contribution in [3.05, 3.63) is 47.5 Å². The SMILES string of the molecule is CC[C@@H]1C[C@H](N)C[C@H](CC)N1c1cnc2c(-c3ccc4nn(Cc5nc(C)no5)cc4c3Cl)c[nH]c2n1. The van der Waals surface area contributed by atoms with Crippen LogP contribution in [0, 0.1) is 6.92 Å². The number of fused-ring (bicyclic) bond motifs is 2. The van der Waals surface area contributed by atoms with E-state index in [0.717, 1.165) is 64.7 Å². The lowest BCUT2D eigenvalue weighted by Gasteiger charge is -2.44. The molecule has 1 aromatic carbocycles. The monoisotopic (exact) mass is 519 g/mol. The van der Waals surface area contributed by atoms with Crippen LogP contribution in [0.25, 0.3) is 33.2 Å². The Morgan fingerprint density at radius 1 is 1.14 bits per heavy atom. The van der Waals surface area contributed by atoms with Crippen molar-refractivity contribution in [1.29, 1.82) is 0 Å². The summed E-state index contributed by atoms with van der Waals surface area (Å²) in [5.74, 6) is 1.98. The van der Waals surface area contributed by atoms with Gasteiger partial charge in [-0.25, -0.2) is 9.97 Å². The molecule has 6 rings (SSSR count). The first-order chi connectivity index (χ1) is 17.9. The molecule has 11 heteroatoms. The molecule has 0 saturated carbocycles. The highest BCUT2D eigenvalue weighted by Crippen LogP contribution is 2.38. The number of nitrogens with zero attached hydrogens (tertiary/aromatic N) is 7. The number of piperidine rings is 1. The summed E-state index contributed by atoms with van der Waals surface area (Å²) in [6, 6.07) is 4.89. The molecule has 0 bridgehead atoms. The van der Waals surface area contributed by atoms with Gasteiger partial charge in [0.25, 0.3) is 0 Å². The largest absolute Gasteiger partial charge is 0.349 e. The summed E-state index contributed by atoms with van der Waals surface area (Å²) in [6.07, 6.45) is 9.70. The molecule has 0 aliphatic carbocycles. The van der Waals surface area contributed by atoms with Gasteiger partial charge in [-0.3, -0.25) is 4.68 Å². The molecule has 0 amide bonds. The Hall–Kier alpha value is -3.50. The molecule has 1 fully saturated rings. The number of hydrogen-bond acceptors (Lipinski definition) is 8. The van der Waals surface area contributed by atoms with Gasteiger partial charge in [-0.15, -0.1) is 0 Å². The normalized spacial score (nSPS) is 20.4. The molecule has 3 N–H and O–H groups in total. The molecule has 3 atom stereocenters. The number of nitrogens with one attached hydrogen (secondary N) is 1. The van der Waals surface area contributed by atoms with E-state index in [2.05, 4.69) is 39.0 Å². The molecule has 5 heterocycles. The van der Waals surface area contributed by atoms with Gasteiger partial charge in [0.05, 0.1) is 16.7 Å². The zero-order valence-corrected chi connectivity index (χ0v) is 21.9. The zero-order valence-electron chi connectivity index (χ0n) is 21.1. The molecule has 0 spiro atoms. The average Bonchev–Trinajstić information content (AvgIpc) is 3.62. The number of H-pyrrole nitrogens is 1. The quantitative estimate of drug-likeness (QED) is 0.326. The highest BCUT2D eigenvalue weighted by molar-refractivity contribution is 6.38. The van der Waals surface area contributed by atoms with E-state index in [1.54, 1.807) is 11.6 Å². The van der Waals surface area contributed by atoms with E-state index in [0.29, 0.717) is 35.4 Å². The van der Waals surface area contributed by atoms with Crippen molar-refractivity contribution in [3.8, 4) is 11.1 Å². The summed E-state index contributed by atoms with van der Waals surface area (Å²) in [5, 5.41) is 9.91. The highest BCUT2D eigenvalue weighted by atomic mass is 35.5. The highest BCUT2D eigenvalue weighted by Gasteiger charge is 2.33. The molecule has 1 saturated heterocycles. The van der Waals surface area contributed by atoms with Gasteiger partial charge >= 0.3 is 0 Å². The fraction of sp³-hybridized carbons (Fsp3) is 0.423. The second kappa shape index (κ2) is 9.42. The number of hydrogen-bond donors (Lipinski definition) is 2. The molecule has 37 heavy (non-hydrogen) atoms. The third-order valence-electron chi connectivity index (χ3n) is 7.34. The van der Waals surface area contributed by atoms with Gasteiger partial charge in [-0.05, 0) is 38.7 Å². The smallest absolute Gasteiger partial charge is 0.248 e. The van der Waals surface area contributed by atoms with Crippen LogP contribution in [0.15, 0.2) is 35.2 Å². The minimum absolute atomic E-state index is 0.234. The van der Waals surface area contributed by atoms with Crippen LogP contribution < -0.4 is 10.6 Å². The Labute approximate surface area is 219 Å². The fourth-order valence-electron chi connectivity index (χ4n) is 5.58. The van der Waals surface area contributed by atoms with E-state index in [4.69, 9.17) is 31.8 Å². The van der Waals surface area contributed by atoms with Crippen LogP contribution in [-0.2, 0) is 6.54 Å². The second-order valence-electron chi connectivity index (χ2n) is 9.81. The Balaban J connectivity index is 1.35. The lowest BCUT2D eigenvalue weighted by atomic mass is 9.89. The predicted molar refractivity (Wildman–Crippen MR) is 144 cm³/mol. The number of anilines is 1. The summed E-state index contributed by atoms with van der Waals surface area (Å²) < 4.78 is 6.98.